The predicted molar refractivity (Wildman–Crippen MR) is 63.3 cm³/mol. The number of esters is 1. The highest BCUT2D eigenvalue weighted by atomic mass is 79.9. The zero-order valence-electron chi connectivity index (χ0n) is 9.62. The molecule has 1 rings (SSSR count). The number of hydrogen-bond acceptors (Lipinski definition) is 5. The van der Waals surface area contributed by atoms with Crippen molar-refractivity contribution in [2.75, 3.05) is 13.7 Å². The van der Waals surface area contributed by atoms with Gasteiger partial charge in [-0.1, -0.05) is 0 Å². The van der Waals surface area contributed by atoms with E-state index in [0.29, 0.717) is 0 Å². The van der Waals surface area contributed by atoms with E-state index in [-0.39, 0.29) is 16.8 Å². The normalized spacial score (nSPS) is 10.0. The van der Waals surface area contributed by atoms with Crippen LogP contribution >= 0.6 is 15.9 Å². The molecule has 0 spiro atoms. The first kappa shape index (κ1) is 14.4. The smallest absolute Gasteiger partial charge is 0.379 e. The first-order valence-corrected chi connectivity index (χ1v) is 5.69. The number of carbonyl (C=O) groups is 2. The van der Waals surface area contributed by atoms with Crippen molar-refractivity contribution in [3.8, 4) is 11.5 Å². The lowest BCUT2D eigenvalue weighted by Gasteiger charge is -2.10. The molecule has 1 aromatic rings. The molecule has 0 unspecified atom stereocenters. The van der Waals surface area contributed by atoms with Crippen LogP contribution in [-0.4, -0.2) is 30.6 Å². The molecule has 98 valence electrons. The Morgan fingerprint density at radius 2 is 2.11 bits per heavy atom. The second-order valence-electron chi connectivity index (χ2n) is 3.15. The van der Waals surface area contributed by atoms with Crippen LogP contribution in [0.25, 0.3) is 0 Å². The average Bonchev–Trinajstić information content (AvgIpc) is 2.29. The topological polar surface area (TPSA) is 72.8 Å². The van der Waals surface area contributed by atoms with Crippen LogP contribution in [0.15, 0.2) is 10.5 Å². The van der Waals surface area contributed by atoms with E-state index in [2.05, 4.69) is 20.7 Å². The predicted octanol–water partition coefficient (Wildman–Crippen LogP) is 2.05. The van der Waals surface area contributed by atoms with Gasteiger partial charge in [0.15, 0.2) is 11.5 Å². The van der Waals surface area contributed by atoms with Gasteiger partial charge in [0.25, 0.3) is 5.78 Å². The van der Waals surface area contributed by atoms with Crippen molar-refractivity contribution in [1.82, 2.24) is 0 Å². The highest BCUT2D eigenvalue weighted by molar-refractivity contribution is 9.10. The highest BCUT2D eigenvalue weighted by Crippen LogP contribution is 2.39. The monoisotopic (exact) mass is 320 g/mol. The van der Waals surface area contributed by atoms with Gasteiger partial charge in [-0.3, -0.25) is 4.79 Å². The molecule has 0 bridgehead atoms. The van der Waals surface area contributed by atoms with Crippen LogP contribution in [0.5, 0.6) is 11.5 Å². The summed E-state index contributed by atoms with van der Waals surface area (Å²) < 4.78 is 23.0. The van der Waals surface area contributed by atoms with E-state index in [1.165, 1.54) is 14.0 Å². The first-order valence-electron chi connectivity index (χ1n) is 4.90. The third-order valence-electron chi connectivity index (χ3n) is 2.05. The maximum absolute atomic E-state index is 13.6. The number of halogens is 2. The summed E-state index contributed by atoms with van der Waals surface area (Å²) in [5, 5.41) is 9.71. The summed E-state index contributed by atoms with van der Waals surface area (Å²) >= 11 is 2.96. The SMILES string of the molecule is CCOC(=O)C(=O)c1c(F)cc(Br)c(OC)c1O. The molecule has 0 saturated heterocycles. The minimum absolute atomic E-state index is 0.0272. The molecule has 0 saturated carbocycles. The minimum Gasteiger partial charge on any atom is -0.504 e. The summed E-state index contributed by atoms with van der Waals surface area (Å²) in [5.74, 6) is -4.43. The summed E-state index contributed by atoms with van der Waals surface area (Å²) in [7, 11) is 1.23. The van der Waals surface area contributed by atoms with Crippen molar-refractivity contribution in [2.24, 2.45) is 0 Å². The summed E-state index contributed by atoms with van der Waals surface area (Å²) in [4.78, 5) is 22.8. The Bertz CT molecular complexity index is 501. The fourth-order valence-corrected chi connectivity index (χ4v) is 1.85. The molecule has 0 fully saturated rings. The summed E-state index contributed by atoms with van der Waals surface area (Å²) in [6.45, 7) is 1.48. The molecular weight excluding hydrogens is 311 g/mol. The zero-order valence-corrected chi connectivity index (χ0v) is 11.2. The number of carbonyl (C=O) groups excluding carboxylic acids is 2. The van der Waals surface area contributed by atoms with Gasteiger partial charge in [0.05, 0.1) is 18.2 Å². The van der Waals surface area contributed by atoms with Crippen molar-refractivity contribution in [1.29, 1.82) is 0 Å². The molecule has 0 heterocycles. The third-order valence-corrected chi connectivity index (χ3v) is 2.64. The van der Waals surface area contributed by atoms with Crippen molar-refractivity contribution < 1.29 is 28.6 Å². The van der Waals surface area contributed by atoms with Crippen LogP contribution in [0.4, 0.5) is 4.39 Å². The second kappa shape index (κ2) is 5.81. The molecule has 0 amide bonds. The van der Waals surface area contributed by atoms with Crippen LogP contribution in [0.1, 0.15) is 17.3 Å². The maximum atomic E-state index is 13.6. The third kappa shape index (κ3) is 2.61. The highest BCUT2D eigenvalue weighted by Gasteiger charge is 2.28. The second-order valence-corrected chi connectivity index (χ2v) is 4.00. The molecular formula is C11H10BrFO5. The quantitative estimate of drug-likeness (QED) is 0.522. The van der Waals surface area contributed by atoms with Crippen LogP contribution in [-0.2, 0) is 9.53 Å². The number of aromatic hydroxyl groups is 1. The lowest BCUT2D eigenvalue weighted by Crippen LogP contribution is -2.19. The Morgan fingerprint density at radius 3 is 2.61 bits per heavy atom. The van der Waals surface area contributed by atoms with Gasteiger partial charge in [0.2, 0.25) is 0 Å². The Kier molecular flexibility index (Phi) is 4.66. The molecule has 0 aliphatic heterocycles. The average molecular weight is 321 g/mol. The largest absolute Gasteiger partial charge is 0.504 e. The number of ketones is 1. The van der Waals surface area contributed by atoms with E-state index in [4.69, 9.17) is 4.74 Å². The number of hydrogen-bond donors (Lipinski definition) is 1. The van der Waals surface area contributed by atoms with Gasteiger partial charge < -0.3 is 14.6 Å². The molecule has 18 heavy (non-hydrogen) atoms. The van der Waals surface area contributed by atoms with E-state index in [0.717, 1.165) is 6.07 Å². The standard InChI is InChI=1S/C11H10BrFO5/c1-3-18-11(16)9(15)7-6(13)4-5(12)10(17-2)8(7)14/h4,14H,3H2,1-2H3. The van der Waals surface area contributed by atoms with E-state index in [9.17, 15) is 19.1 Å². The number of ether oxygens (including phenoxy) is 2. The van der Waals surface area contributed by atoms with Gasteiger partial charge in [-0.05, 0) is 28.9 Å². The molecule has 5 nitrogen and oxygen atoms in total. The molecule has 1 aromatic carbocycles. The van der Waals surface area contributed by atoms with Crippen LogP contribution in [0, 0.1) is 5.82 Å². The van der Waals surface area contributed by atoms with E-state index in [1.807, 2.05) is 0 Å². The van der Waals surface area contributed by atoms with E-state index >= 15 is 0 Å². The minimum atomic E-state index is -1.27. The fourth-order valence-electron chi connectivity index (χ4n) is 1.30. The number of methoxy groups -OCH3 is 1. The van der Waals surface area contributed by atoms with Gasteiger partial charge in [-0.25, -0.2) is 9.18 Å². The van der Waals surface area contributed by atoms with Gasteiger partial charge in [-0.15, -0.1) is 0 Å². The van der Waals surface area contributed by atoms with Crippen molar-refractivity contribution in [2.45, 2.75) is 6.92 Å². The lowest BCUT2D eigenvalue weighted by atomic mass is 10.1. The van der Waals surface area contributed by atoms with E-state index < -0.39 is 28.9 Å². The Hall–Kier alpha value is -1.63. The Morgan fingerprint density at radius 1 is 1.50 bits per heavy atom. The van der Waals surface area contributed by atoms with Gasteiger partial charge >= 0.3 is 5.97 Å². The lowest BCUT2D eigenvalue weighted by molar-refractivity contribution is -0.137. The van der Waals surface area contributed by atoms with Gasteiger partial charge in [-0.2, -0.15) is 0 Å². The summed E-state index contributed by atoms with van der Waals surface area (Å²) in [6, 6.07) is 0.922. The molecule has 7 heteroatoms. The van der Waals surface area contributed by atoms with Crippen molar-refractivity contribution in [3.05, 3.63) is 21.9 Å². The first-order chi connectivity index (χ1) is 8.43. The van der Waals surface area contributed by atoms with Gasteiger partial charge in [0, 0.05) is 0 Å². The Labute approximate surface area is 111 Å². The van der Waals surface area contributed by atoms with Crippen LogP contribution < -0.4 is 4.74 Å². The molecule has 1 N–H and O–H groups in total. The molecule has 0 aliphatic rings. The van der Waals surface area contributed by atoms with Gasteiger partial charge in [0.1, 0.15) is 11.4 Å². The van der Waals surface area contributed by atoms with Crippen LogP contribution in [0.3, 0.4) is 0 Å². The Balaban J connectivity index is 3.32. The van der Waals surface area contributed by atoms with Crippen molar-refractivity contribution >= 4 is 27.7 Å². The number of benzene rings is 1. The molecule has 0 aromatic heterocycles. The molecule has 0 radical (unpaired) electrons. The number of phenols is 1. The van der Waals surface area contributed by atoms with Crippen LogP contribution in [0.2, 0.25) is 0 Å². The zero-order chi connectivity index (χ0) is 13.9. The number of Topliss-reactive ketones (excluding diaryl/α,β-unsaturated/α-hetero) is 1. The number of phenolic OH excluding ortho intramolecular Hbond substituents is 1. The molecule has 0 aliphatic carbocycles. The summed E-state index contributed by atoms with van der Waals surface area (Å²) in [6.07, 6.45) is 0. The molecule has 0 atom stereocenters. The van der Waals surface area contributed by atoms with E-state index in [1.54, 1.807) is 0 Å². The maximum Gasteiger partial charge on any atom is 0.379 e. The van der Waals surface area contributed by atoms with Crippen molar-refractivity contribution in [3.63, 3.8) is 0 Å². The number of rotatable bonds is 4. The fraction of sp³-hybridized carbons (Fsp3) is 0.273. The summed E-state index contributed by atoms with van der Waals surface area (Å²) in [5.41, 5.74) is -0.770.